The highest BCUT2D eigenvalue weighted by Gasteiger charge is 2.02. The van der Waals surface area contributed by atoms with Crippen LogP contribution in [0.2, 0.25) is 5.02 Å². The number of rotatable bonds is 9. The second-order valence-electron chi connectivity index (χ2n) is 6.43. The van der Waals surface area contributed by atoms with E-state index >= 15 is 0 Å². The first-order valence-electron chi connectivity index (χ1n) is 9.16. The van der Waals surface area contributed by atoms with Gasteiger partial charge in [0.15, 0.2) is 0 Å². The fraction of sp³-hybridized carbons (Fsp3) is 0.174. The topological polar surface area (TPSA) is 50.4 Å². The Balaban J connectivity index is 1.36. The van der Waals surface area contributed by atoms with Crippen LogP contribution < -0.4 is 15.4 Å². The maximum absolute atomic E-state index is 11.9. The van der Waals surface area contributed by atoms with Crippen LogP contribution in [0.15, 0.2) is 78.9 Å². The van der Waals surface area contributed by atoms with Gasteiger partial charge in [-0.3, -0.25) is 4.79 Å². The van der Waals surface area contributed by atoms with Crippen molar-refractivity contribution in [1.82, 2.24) is 10.6 Å². The molecule has 0 heterocycles. The van der Waals surface area contributed by atoms with Gasteiger partial charge in [0.1, 0.15) is 12.4 Å². The molecule has 0 aliphatic carbocycles. The molecule has 0 saturated carbocycles. The first-order chi connectivity index (χ1) is 13.7. The van der Waals surface area contributed by atoms with Crippen molar-refractivity contribution in [2.45, 2.75) is 19.7 Å². The predicted molar refractivity (Wildman–Crippen MR) is 112 cm³/mol. The molecular formula is C23H23ClN2O2. The Hall–Kier alpha value is -2.82. The van der Waals surface area contributed by atoms with Crippen molar-refractivity contribution in [3.8, 4) is 5.75 Å². The molecule has 0 bridgehead atoms. The number of halogens is 1. The van der Waals surface area contributed by atoms with Gasteiger partial charge in [-0.1, -0.05) is 66.2 Å². The van der Waals surface area contributed by atoms with Crippen molar-refractivity contribution in [1.29, 1.82) is 0 Å². The second-order valence-corrected chi connectivity index (χ2v) is 6.86. The fourth-order valence-corrected chi connectivity index (χ4v) is 2.89. The zero-order valence-electron chi connectivity index (χ0n) is 15.5. The molecule has 144 valence electrons. The van der Waals surface area contributed by atoms with Gasteiger partial charge in [-0.25, -0.2) is 0 Å². The molecule has 0 radical (unpaired) electrons. The lowest BCUT2D eigenvalue weighted by molar-refractivity contribution is -0.120. The largest absolute Gasteiger partial charge is 0.489 e. The van der Waals surface area contributed by atoms with Gasteiger partial charge in [0.25, 0.3) is 0 Å². The predicted octanol–water partition coefficient (Wildman–Crippen LogP) is 4.33. The summed E-state index contributed by atoms with van der Waals surface area (Å²) in [6.45, 7) is 1.91. The van der Waals surface area contributed by atoms with Crippen molar-refractivity contribution in [2.24, 2.45) is 0 Å². The molecule has 0 spiro atoms. The molecule has 3 rings (SSSR count). The van der Waals surface area contributed by atoms with E-state index in [4.69, 9.17) is 16.3 Å². The van der Waals surface area contributed by atoms with Gasteiger partial charge in [0.05, 0.1) is 6.54 Å². The average Bonchev–Trinajstić information content (AvgIpc) is 2.72. The van der Waals surface area contributed by atoms with Gasteiger partial charge in [-0.15, -0.1) is 0 Å². The van der Waals surface area contributed by atoms with E-state index in [1.54, 1.807) is 0 Å². The van der Waals surface area contributed by atoms with Crippen LogP contribution in [0.5, 0.6) is 5.75 Å². The van der Waals surface area contributed by atoms with Gasteiger partial charge in [-0.05, 0) is 41.0 Å². The highest BCUT2D eigenvalue weighted by atomic mass is 35.5. The van der Waals surface area contributed by atoms with E-state index in [-0.39, 0.29) is 12.5 Å². The zero-order chi connectivity index (χ0) is 19.6. The Morgan fingerprint density at radius 3 is 2.29 bits per heavy atom. The number of amides is 1. The smallest absolute Gasteiger partial charge is 0.234 e. The Morgan fingerprint density at radius 2 is 1.54 bits per heavy atom. The molecule has 0 unspecified atom stereocenters. The third-order valence-electron chi connectivity index (χ3n) is 4.17. The standard InChI is InChI=1S/C23H23ClN2O2/c24-21-8-4-7-20(13-21)17-28-22-11-9-19(10-12-22)14-25-16-23(27)26-15-18-5-2-1-3-6-18/h1-13,25H,14-17H2,(H,26,27). The normalized spacial score (nSPS) is 10.5. The van der Waals surface area contributed by atoms with Crippen molar-refractivity contribution < 1.29 is 9.53 Å². The fourth-order valence-electron chi connectivity index (χ4n) is 2.68. The highest BCUT2D eigenvalue weighted by molar-refractivity contribution is 6.30. The number of nitrogens with one attached hydrogen (secondary N) is 2. The zero-order valence-corrected chi connectivity index (χ0v) is 16.3. The molecule has 0 aliphatic heterocycles. The Morgan fingerprint density at radius 1 is 0.821 bits per heavy atom. The number of hydrogen-bond donors (Lipinski definition) is 2. The molecule has 5 heteroatoms. The van der Waals surface area contributed by atoms with E-state index in [1.807, 2.05) is 78.9 Å². The molecule has 1 amide bonds. The number of benzene rings is 3. The minimum Gasteiger partial charge on any atom is -0.489 e. The molecule has 0 aliphatic rings. The SMILES string of the molecule is O=C(CNCc1ccc(OCc2cccc(Cl)c2)cc1)NCc1ccccc1. The molecule has 4 nitrogen and oxygen atoms in total. The second kappa shape index (κ2) is 10.5. The van der Waals surface area contributed by atoms with Crippen molar-refractivity contribution >= 4 is 17.5 Å². The maximum atomic E-state index is 11.9. The number of carbonyl (C=O) groups excluding carboxylic acids is 1. The van der Waals surface area contributed by atoms with Gasteiger partial charge >= 0.3 is 0 Å². The van der Waals surface area contributed by atoms with E-state index in [9.17, 15) is 4.79 Å². The number of hydrogen-bond acceptors (Lipinski definition) is 3. The molecule has 28 heavy (non-hydrogen) atoms. The summed E-state index contributed by atoms with van der Waals surface area (Å²) in [6.07, 6.45) is 0. The lowest BCUT2D eigenvalue weighted by atomic mass is 10.2. The third kappa shape index (κ3) is 6.72. The Kier molecular flexibility index (Phi) is 7.47. The summed E-state index contributed by atoms with van der Waals surface area (Å²) in [5, 5.41) is 6.76. The number of carbonyl (C=O) groups is 1. The number of ether oxygens (including phenoxy) is 1. The van der Waals surface area contributed by atoms with E-state index in [2.05, 4.69) is 10.6 Å². The first-order valence-corrected chi connectivity index (χ1v) is 9.54. The summed E-state index contributed by atoms with van der Waals surface area (Å²) < 4.78 is 5.78. The van der Waals surface area contributed by atoms with Crippen LogP contribution in [0, 0.1) is 0 Å². The van der Waals surface area contributed by atoms with Crippen LogP contribution in [-0.4, -0.2) is 12.5 Å². The Labute approximate surface area is 170 Å². The van der Waals surface area contributed by atoms with Crippen LogP contribution >= 0.6 is 11.6 Å². The summed E-state index contributed by atoms with van der Waals surface area (Å²) in [6, 6.07) is 25.3. The third-order valence-corrected chi connectivity index (χ3v) is 4.40. The quantitative estimate of drug-likeness (QED) is 0.568. The lowest BCUT2D eigenvalue weighted by Crippen LogP contribution is -2.33. The Bertz CT molecular complexity index is 883. The van der Waals surface area contributed by atoms with Crippen molar-refractivity contribution in [3.05, 3.63) is 101 Å². The molecule has 3 aromatic carbocycles. The van der Waals surface area contributed by atoms with Crippen molar-refractivity contribution in [2.75, 3.05) is 6.54 Å². The van der Waals surface area contributed by atoms with Crippen LogP contribution in [-0.2, 0) is 24.5 Å². The molecule has 0 atom stereocenters. The summed E-state index contributed by atoms with van der Waals surface area (Å²) in [5.41, 5.74) is 3.20. The van der Waals surface area contributed by atoms with Gasteiger partial charge in [-0.2, -0.15) is 0 Å². The molecule has 0 aromatic heterocycles. The molecule has 0 fully saturated rings. The van der Waals surface area contributed by atoms with Crippen LogP contribution in [0.3, 0.4) is 0 Å². The first kappa shape index (κ1) is 19.9. The van der Waals surface area contributed by atoms with Crippen LogP contribution in [0.25, 0.3) is 0 Å². The lowest BCUT2D eigenvalue weighted by Gasteiger charge is -2.09. The average molecular weight is 395 g/mol. The van der Waals surface area contributed by atoms with Gasteiger partial charge in [0.2, 0.25) is 5.91 Å². The maximum Gasteiger partial charge on any atom is 0.234 e. The van der Waals surface area contributed by atoms with Crippen LogP contribution in [0.1, 0.15) is 16.7 Å². The highest BCUT2D eigenvalue weighted by Crippen LogP contribution is 2.16. The molecular weight excluding hydrogens is 372 g/mol. The van der Waals surface area contributed by atoms with Crippen molar-refractivity contribution in [3.63, 3.8) is 0 Å². The minimum atomic E-state index is -0.0228. The van der Waals surface area contributed by atoms with Gasteiger partial charge < -0.3 is 15.4 Å². The molecule has 2 N–H and O–H groups in total. The monoisotopic (exact) mass is 394 g/mol. The molecule has 0 saturated heterocycles. The van der Waals surface area contributed by atoms with E-state index in [1.165, 1.54) is 0 Å². The van der Waals surface area contributed by atoms with Gasteiger partial charge in [0, 0.05) is 18.1 Å². The van der Waals surface area contributed by atoms with E-state index < -0.39 is 0 Å². The summed E-state index contributed by atoms with van der Waals surface area (Å²) in [4.78, 5) is 11.9. The van der Waals surface area contributed by atoms with Crippen LogP contribution in [0.4, 0.5) is 0 Å². The summed E-state index contributed by atoms with van der Waals surface area (Å²) in [7, 11) is 0. The molecule has 3 aromatic rings. The summed E-state index contributed by atoms with van der Waals surface area (Å²) in [5.74, 6) is 0.773. The minimum absolute atomic E-state index is 0.0228. The summed E-state index contributed by atoms with van der Waals surface area (Å²) >= 11 is 5.98. The van der Waals surface area contributed by atoms with E-state index in [0.29, 0.717) is 24.7 Å². The van der Waals surface area contributed by atoms with E-state index in [0.717, 1.165) is 22.4 Å².